The molecule has 0 saturated heterocycles. The van der Waals surface area contributed by atoms with Crippen LogP contribution in [0.25, 0.3) is 5.76 Å². The highest BCUT2D eigenvalue weighted by molar-refractivity contribution is 7.12. The van der Waals surface area contributed by atoms with Crippen LogP contribution in [-0.2, 0) is 6.42 Å². The molecule has 0 aliphatic heterocycles. The Bertz CT molecular complexity index is 854. The van der Waals surface area contributed by atoms with Crippen molar-refractivity contribution in [2.24, 2.45) is 0 Å². The highest BCUT2D eigenvalue weighted by Crippen LogP contribution is 2.23. The third kappa shape index (κ3) is 3.49. The van der Waals surface area contributed by atoms with Crippen LogP contribution in [0.1, 0.15) is 26.6 Å². The van der Waals surface area contributed by atoms with E-state index in [0.717, 1.165) is 23.0 Å². The van der Waals surface area contributed by atoms with E-state index in [0.29, 0.717) is 11.3 Å². The maximum absolute atomic E-state index is 12.4. The van der Waals surface area contributed by atoms with Gasteiger partial charge in [0.15, 0.2) is 11.5 Å². The Hall–Kier alpha value is -3.00. The molecule has 122 valence electrons. The molecule has 7 nitrogen and oxygen atoms in total. The number of benzene rings is 1. The fourth-order valence-corrected chi connectivity index (χ4v) is 3.01. The fourth-order valence-electron chi connectivity index (χ4n) is 2.18. The number of tetrazole rings is 1. The van der Waals surface area contributed by atoms with Crippen molar-refractivity contribution in [3.63, 3.8) is 0 Å². The van der Waals surface area contributed by atoms with Crippen molar-refractivity contribution in [3.05, 3.63) is 63.6 Å². The quantitative estimate of drug-likeness (QED) is 0.406. The predicted octanol–water partition coefficient (Wildman–Crippen LogP) is 2.64. The van der Waals surface area contributed by atoms with E-state index in [9.17, 15) is 9.90 Å². The summed E-state index contributed by atoms with van der Waals surface area (Å²) in [6.45, 7) is 0. The number of nitrogens with one attached hydrogen (secondary N) is 1. The molecule has 24 heavy (non-hydrogen) atoms. The average molecular weight is 342 g/mol. The van der Waals surface area contributed by atoms with Gasteiger partial charge in [-0.05, 0) is 46.3 Å². The van der Waals surface area contributed by atoms with Crippen molar-refractivity contribution < 1.29 is 14.6 Å². The van der Waals surface area contributed by atoms with Gasteiger partial charge in [0.1, 0.15) is 5.75 Å². The van der Waals surface area contributed by atoms with Crippen LogP contribution >= 0.6 is 11.3 Å². The number of methoxy groups -OCH3 is 1. The Labute approximate surface area is 141 Å². The first-order chi connectivity index (χ1) is 11.7. The average Bonchev–Trinajstić information content (AvgIpc) is 3.27. The van der Waals surface area contributed by atoms with E-state index in [1.165, 1.54) is 11.3 Å². The molecule has 0 bridgehead atoms. The second kappa shape index (κ2) is 7.05. The minimum Gasteiger partial charge on any atom is -0.504 e. The lowest BCUT2D eigenvalue weighted by molar-refractivity contribution is 0.104. The number of aromatic nitrogens is 4. The number of hydrogen-bond donors (Lipinski definition) is 2. The van der Waals surface area contributed by atoms with Crippen LogP contribution in [0.2, 0.25) is 0 Å². The monoisotopic (exact) mass is 342 g/mol. The van der Waals surface area contributed by atoms with Gasteiger partial charge in [-0.1, -0.05) is 12.1 Å². The zero-order valence-electron chi connectivity index (χ0n) is 12.8. The Kier molecular flexibility index (Phi) is 4.66. The Morgan fingerprint density at radius 3 is 2.79 bits per heavy atom. The van der Waals surface area contributed by atoms with E-state index < -0.39 is 0 Å². The summed E-state index contributed by atoms with van der Waals surface area (Å²) in [7, 11) is 1.62. The Morgan fingerprint density at radius 1 is 1.33 bits per heavy atom. The second-order valence-electron chi connectivity index (χ2n) is 4.93. The van der Waals surface area contributed by atoms with E-state index >= 15 is 0 Å². The first-order valence-electron chi connectivity index (χ1n) is 7.05. The van der Waals surface area contributed by atoms with E-state index in [4.69, 9.17) is 4.74 Å². The normalized spacial score (nSPS) is 11.5. The zero-order valence-corrected chi connectivity index (χ0v) is 13.6. The second-order valence-corrected chi connectivity index (χ2v) is 5.85. The van der Waals surface area contributed by atoms with E-state index in [1.54, 1.807) is 7.11 Å². The van der Waals surface area contributed by atoms with Crippen LogP contribution in [0, 0.1) is 0 Å². The Morgan fingerprint density at radius 2 is 2.12 bits per heavy atom. The van der Waals surface area contributed by atoms with Gasteiger partial charge < -0.3 is 9.84 Å². The van der Waals surface area contributed by atoms with Gasteiger partial charge >= 0.3 is 0 Å². The van der Waals surface area contributed by atoms with Crippen LogP contribution in [0.15, 0.2) is 41.8 Å². The lowest BCUT2D eigenvalue weighted by Crippen LogP contribution is -1.99. The lowest BCUT2D eigenvalue weighted by Gasteiger charge is -2.04. The lowest BCUT2D eigenvalue weighted by atomic mass is 10.0. The van der Waals surface area contributed by atoms with Crippen molar-refractivity contribution in [2.75, 3.05) is 7.11 Å². The summed E-state index contributed by atoms with van der Waals surface area (Å²) in [5.74, 6) is 0.151. The SMILES string of the molecule is COc1ccc(Cc2ccsc2C(=O)C=C(O)c2nn[nH]n2)cc1. The molecule has 2 heterocycles. The van der Waals surface area contributed by atoms with Crippen molar-refractivity contribution in [3.8, 4) is 5.75 Å². The van der Waals surface area contributed by atoms with E-state index in [-0.39, 0.29) is 17.4 Å². The van der Waals surface area contributed by atoms with Crippen LogP contribution < -0.4 is 4.74 Å². The molecule has 0 radical (unpaired) electrons. The third-order valence-electron chi connectivity index (χ3n) is 3.37. The minimum absolute atomic E-state index is 0.0170. The molecule has 3 rings (SSSR count). The topological polar surface area (TPSA) is 101 Å². The summed E-state index contributed by atoms with van der Waals surface area (Å²) < 4.78 is 5.14. The summed E-state index contributed by atoms with van der Waals surface area (Å²) in [5.41, 5.74) is 1.96. The van der Waals surface area contributed by atoms with Gasteiger partial charge in [-0.25, -0.2) is 0 Å². The van der Waals surface area contributed by atoms with Gasteiger partial charge in [0.2, 0.25) is 5.82 Å². The molecular formula is C16H14N4O3S. The van der Waals surface area contributed by atoms with E-state index in [2.05, 4.69) is 20.6 Å². The number of H-pyrrole nitrogens is 1. The van der Waals surface area contributed by atoms with Gasteiger partial charge in [-0.3, -0.25) is 4.79 Å². The molecule has 0 saturated carbocycles. The molecule has 2 N–H and O–H groups in total. The summed E-state index contributed by atoms with van der Waals surface area (Å²) in [4.78, 5) is 13.0. The highest BCUT2D eigenvalue weighted by Gasteiger charge is 2.14. The first kappa shape index (κ1) is 15.9. The molecule has 3 aromatic rings. The van der Waals surface area contributed by atoms with Crippen LogP contribution in [0.3, 0.4) is 0 Å². The van der Waals surface area contributed by atoms with Gasteiger partial charge in [0.05, 0.1) is 12.0 Å². The number of aliphatic hydroxyl groups is 1. The number of aliphatic hydroxyl groups excluding tert-OH is 1. The van der Waals surface area contributed by atoms with Gasteiger partial charge in [0.25, 0.3) is 0 Å². The number of thiophene rings is 1. The largest absolute Gasteiger partial charge is 0.504 e. The molecule has 8 heteroatoms. The molecule has 0 unspecified atom stereocenters. The minimum atomic E-state index is -0.322. The number of aromatic amines is 1. The van der Waals surface area contributed by atoms with E-state index in [1.807, 2.05) is 35.7 Å². The molecule has 1 aromatic carbocycles. The number of carbonyl (C=O) groups excluding carboxylic acids is 1. The molecule has 0 spiro atoms. The molecular weight excluding hydrogens is 328 g/mol. The fraction of sp³-hybridized carbons (Fsp3) is 0.125. The van der Waals surface area contributed by atoms with Crippen molar-refractivity contribution >= 4 is 22.9 Å². The van der Waals surface area contributed by atoms with Gasteiger partial charge in [-0.2, -0.15) is 5.21 Å². The maximum atomic E-state index is 12.4. The van der Waals surface area contributed by atoms with Crippen LogP contribution in [0.5, 0.6) is 5.75 Å². The summed E-state index contributed by atoms with van der Waals surface area (Å²) in [6.07, 6.45) is 1.72. The number of allylic oxidation sites excluding steroid dienone is 1. The van der Waals surface area contributed by atoms with Gasteiger partial charge in [0, 0.05) is 6.08 Å². The number of ketones is 1. The van der Waals surface area contributed by atoms with Crippen molar-refractivity contribution in [2.45, 2.75) is 6.42 Å². The number of nitrogens with zero attached hydrogens (tertiary/aromatic N) is 3. The number of carbonyl (C=O) groups is 1. The molecule has 0 aliphatic carbocycles. The third-order valence-corrected chi connectivity index (χ3v) is 4.34. The summed E-state index contributed by atoms with van der Waals surface area (Å²) in [5, 5.41) is 24.5. The summed E-state index contributed by atoms with van der Waals surface area (Å²) in [6, 6.07) is 9.58. The molecule has 0 amide bonds. The van der Waals surface area contributed by atoms with Crippen LogP contribution in [-0.4, -0.2) is 38.6 Å². The number of ether oxygens (including phenoxy) is 1. The maximum Gasteiger partial charge on any atom is 0.239 e. The van der Waals surface area contributed by atoms with Crippen molar-refractivity contribution in [1.29, 1.82) is 0 Å². The smallest absolute Gasteiger partial charge is 0.239 e. The first-order valence-corrected chi connectivity index (χ1v) is 7.93. The molecule has 0 aliphatic rings. The predicted molar refractivity (Wildman–Crippen MR) is 89.2 cm³/mol. The molecule has 0 fully saturated rings. The highest BCUT2D eigenvalue weighted by atomic mass is 32.1. The zero-order chi connectivity index (χ0) is 16.9. The summed E-state index contributed by atoms with van der Waals surface area (Å²) >= 11 is 1.33. The molecule has 2 aromatic heterocycles. The molecule has 0 atom stereocenters. The standard InChI is InChI=1S/C16H14N4O3S/c1-23-12-4-2-10(3-5-12)8-11-6-7-24-15(11)13(21)9-14(22)16-17-19-20-18-16/h2-7,9,22H,8H2,1H3,(H,17,18,19,20). The van der Waals surface area contributed by atoms with Crippen molar-refractivity contribution in [1.82, 2.24) is 20.6 Å². The van der Waals surface area contributed by atoms with Crippen LogP contribution in [0.4, 0.5) is 0 Å². The number of hydrogen-bond acceptors (Lipinski definition) is 7. The Balaban J connectivity index is 1.79. The van der Waals surface area contributed by atoms with Gasteiger partial charge in [-0.15, -0.1) is 21.5 Å². The number of rotatable bonds is 6.